The zero-order valence-corrected chi connectivity index (χ0v) is 16.0. The molecule has 1 aliphatic rings. The van der Waals surface area contributed by atoms with Crippen LogP contribution in [0.2, 0.25) is 0 Å². The van der Waals surface area contributed by atoms with Gasteiger partial charge in [0.1, 0.15) is 5.69 Å². The van der Waals surface area contributed by atoms with Crippen molar-refractivity contribution in [1.82, 2.24) is 14.7 Å². The van der Waals surface area contributed by atoms with E-state index in [4.69, 9.17) is 0 Å². The average Bonchev–Trinajstić information content (AvgIpc) is 3.18. The molecule has 0 bridgehead atoms. The lowest BCUT2D eigenvalue weighted by Gasteiger charge is -2.35. The Hall–Kier alpha value is -2.73. The first kappa shape index (κ1) is 17.7. The van der Waals surface area contributed by atoms with Gasteiger partial charge in [-0.1, -0.05) is 37.3 Å². The summed E-state index contributed by atoms with van der Waals surface area (Å²) in [4.78, 5) is 28.6. The van der Waals surface area contributed by atoms with Crippen LogP contribution in [0.5, 0.6) is 0 Å². The van der Waals surface area contributed by atoms with Crippen molar-refractivity contribution in [2.75, 3.05) is 6.54 Å². The van der Waals surface area contributed by atoms with Crippen molar-refractivity contribution in [3.05, 3.63) is 86.0 Å². The molecule has 0 radical (unpaired) electrons. The molecule has 1 atom stereocenters. The van der Waals surface area contributed by atoms with E-state index in [9.17, 15) is 9.59 Å². The minimum absolute atomic E-state index is 0.0730. The molecule has 1 aromatic carbocycles. The van der Waals surface area contributed by atoms with Crippen LogP contribution in [0.4, 0.5) is 0 Å². The summed E-state index contributed by atoms with van der Waals surface area (Å²) in [5.74, 6) is -0.111. The molecule has 4 rings (SSSR count). The van der Waals surface area contributed by atoms with Crippen molar-refractivity contribution < 1.29 is 4.79 Å². The first-order valence-electron chi connectivity index (χ1n) is 9.16. The minimum atomic E-state index is -0.207. The Morgan fingerprint density at radius 2 is 2.00 bits per heavy atom. The second-order valence-corrected chi connectivity index (χ2v) is 7.67. The Labute approximate surface area is 161 Å². The monoisotopic (exact) mass is 379 g/mol. The Bertz CT molecular complexity index is 1010. The zero-order valence-electron chi connectivity index (χ0n) is 15.2. The molecule has 1 amide bonds. The Morgan fingerprint density at radius 3 is 2.78 bits per heavy atom. The summed E-state index contributed by atoms with van der Waals surface area (Å²) < 4.78 is 1.36. The van der Waals surface area contributed by atoms with Crippen molar-refractivity contribution in [3.63, 3.8) is 0 Å². The standard InChI is InChI=1S/C21H21N3O2S/c1-2-18-16-11-13-27-19(16)10-12-23(18)21(26)17-8-9-20(25)24(22-17)14-15-6-4-3-5-7-15/h3-9,11,13,18H,2,10,12,14H2,1H3/t18-/m1/s1. The van der Waals surface area contributed by atoms with E-state index in [0.717, 1.165) is 18.4 Å². The van der Waals surface area contributed by atoms with Gasteiger partial charge in [0.15, 0.2) is 0 Å². The molecule has 0 unspecified atom stereocenters. The number of carbonyl (C=O) groups excluding carboxylic acids is 1. The summed E-state index contributed by atoms with van der Waals surface area (Å²) >= 11 is 1.76. The quantitative estimate of drug-likeness (QED) is 0.697. The third kappa shape index (κ3) is 3.45. The van der Waals surface area contributed by atoms with Gasteiger partial charge in [-0.3, -0.25) is 9.59 Å². The molecule has 0 saturated carbocycles. The maximum Gasteiger partial charge on any atom is 0.274 e. The number of hydrogen-bond acceptors (Lipinski definition) is 4. The number of nitrogens with zero attached hydrogens (tertiary/aromatic N) is 3. The summed E-state index contributed by atoms with van der Waals surface area (Å²) in [6.45, 7) is 3.14. The predicted octanol–water partition coefficient (Wildman–Crippen LogP) is 3.50. The van der Waals surface area contributed by atoms with E-state index >= 15 is 0 Å². The van der Waals surface area contributed by atoms with Crippen molar-refractivity contribution in [2.45, 2.75) is 32.4 Å². The van der Waals surface area contributed by atoms with Crippen LogP contribution in [0.25, 0.3) is 0 Å². The van der Waals surface area contributed by atoms with Crippen LogP contribution in [0.3, 0.4) is 0 Å². The number of carbonyl (C=O) groups is 1. The fourth-order valence-corrected chi connectivity index (χ4v) is 4.59. The molecule has 138 valence electrons. The maximum absolute atomic E-state index is 13.2. The minimum Gasteiger partial charge on any atom is -0.330 e. The highest BCUT2D eigenvalue weighted by molar-refractivity contribution is 7.10. The molecule has 3 heterocycles. The fraction of sp³-hybridized carbons (Fsp3) is 0.286. The number of benzene rings is 1. The number of rotatable bonds is 4. The largest absolute Gasteiger partial charge is 0.330 e. The first-order chi connectivity index (χ1) is 13.2. The van der Waals surface area contributed by atoms with E-state index in [2.05, 4.69) is 23.5 Å². The molecule has 0 N–H and O–H groups in total. The van der Waals surface area contributed by atoms with Gasteiger partial charge in [0.25, 0.3) is 11.5 Å². The van der Waals surface area contributed by atoms with E-state index in [1.54, 1.807) is 17.4 Å². The average molecular weight is 379 g/mol. The predicted molar refractivity (Wildman–Crippen MR) is 106 cm³/mol. The molecule has 5 nitrogen and oxygen atoms in total. The summed E-state index contributed by atoms with van der Waals surface area (Å²) in [6.07, 6.45) is 1.73. The molecular weight excluding hydrogens is 358 g/mol. The van der Waals surface area contributed by atoms with Crippen LogP contribution in [-0.2, 0) is 13.0 Å². The third-order valence-corrected chi connectivity index (χ3v) is 6.00. The number of fused-ring (bicyclic) bond motifs is 1. The Kier molecular flexibility index (Phi) is 4.90. The van der Waals surface area contributed by atoms with Crippen molar-refractivity contribution >= 4 is 17.2 Å². The molecule has 3 aromatic rings. The van der Waals surface area contributed by atoms with Crippen molar-refractivity contribution in [2.24, 2.45) is 0 Å². The molecule has 6 heteroatoms. The van der Waals surface area contributed by atoms with E-state index in [0.29, 0.717) is 18.8 Å². The summed E-state index contributed by atoms with van der Waals surface area (Å²) in [5.41, 5.74) is 2.34. The normalized spacial score (nSPS) is 16.2. The van der Waals surface area contributed by atoms with Crippen LogP contribution in [0, 0.1) is 0 Å². The van der Waals surface area contributed by atoms with E-state index in [1.165, 1.54) is 21.2 Å². The lowest BCUT2D eigenvalue weighted by molar-refractivity contribution is 0.0648. The second kappa shape index (κ2) is 7.48. The first-order valence-corrected chi connectivity index (χ1v) is 10.0. The molecular formula is C21H21N3O2S. The third-order valence-electron chi connectivity index (χ3n) is 5.00. The summed E-state index contributed by atoms with van der Waals surface area (Å²) in [6, 6.07) is 14.8. The van der Waals surface area contributed by atoms with Crippen LogP contribution in [-0.4, -0.2) is 27.1 Å². The van der Waals surface area contributed by atoms with E-state index in [-0.39, 0.29) is 17.5 Å². The number of hydrogen-bond donors (Lipinski definition) is 0. The molecule has 2 aromatic heterocycles. The van der Waals surface area contributed by atoms with Gasteiger partial charge < -0.3 is 4.90 Å². The highest BCUT2D eigenvalue weighted by Crippen LogP contribution is 2.35. The second-order valence-electron chi connectivity index (χ2n) is 6.67. The molecule has 0 aliphatic carbocycles. The van der Waals surface area contributed by atoms with Gasteiger partial charge in [-0.05, 0) is 41.5 Å². The van der Waals surface area contributed by atoms with Crippen molar-refractivity contribution in [3.8, 4) is 0 Å². The smallest absolute Gasteiger partial charge is 0.274 e. The molecule has 27 heavy (non-hydrogen) atoms. The maximum atomic E-state index is 13.2. The summed E-state index contributed by atoms with van der Waals surface area (Å²) in [5, 5.41) is 6.47. The van der Waals surface area contributed by atoms with Gasteiger partial charge in [-0.15, -0.1) is 11.3 Å². The van der Waals surface area contributed by atoms with Crippen LogP contribution >= 0.6 is 11.3 Å². The lowest BCUT2D eigenvalue weighted by atomic mass is 9.97. The van der Waals surface area contributed by atoms with Gasteiger partial charge >= 0.3 is 0 Å². The van der Waals surface area contributed by atoms with Crippen LogP contribution in [0.15, 0.2) is 58.7 Å². The van der Waals surface area contributed by atoms with Gasteiger partial charge in [0.2, 0.25) is 0 Å². The van der Waals surface area contributed by atoms with Gasteiger partial charge in [0, 0.05) is 17.5 Å². The molecule has 1 aliphatic heterocycles. The number of thiophene rings is 1. The lowest BCUT2D eigenvalue weighted by Crippen LogP contribution is -2.40. The van der Waals surface area contributed by atoms with Gasteiger partial charge in [-0.25, -0.2) is 4.68 Å². The molecule has 0 fully saturated rings. The SMILES string of the molecule is CC[C@@H]1c2ccsc2CCN1C(=O)c1ccc(=O)n(Cc2ccccc2)n1. The number of amides is 1. The molecule has 0 saturated heterocycles. The van der Waals surface area contributed by atoms with Crippen molar-refractivity contribution in [1.29, 1.82) is 0 Å². The zero-order chi connectivity index (χ0) is 18.8. The highest BCUT2D eigenvalue weighted by atomic mass is 32.1. The highest BCUT2D eigenvalue weighted by Gasteiger charge is 2.31. The van der Waals surface area contributed by atoms with Gasteiger partial charge in [0.05, 0.1) is 12.6 Å². The van der Waals surface area contributed by atoms with Crippen LogP contribution in [0.1, 0.15) is 45.9 Å². The fourth-order valence-electron chi connectivity index (χ4n) is 3.66. The van der Waals surface area contributed by atoms with Crippen LogP contribution < -0.4 is 5.56 Å². The van der Waals surface area contributed by atoms with E-state index in [1.807, 2.05) is 35.2 Å². The van der Waals surface area contributed by atoms with E-state index < -0.39 is 0 Å². The van der Waals surface area contributed by atoms with Gasteiger partial charge in [-0.2, -0.15) is 5.10 Å². The number of aromatic nitrogens is 2. The topological polar surface area (TPSA) is 55.2 Å². The Balaban J connectivity index is 1.62. The summed E-state index contributed by atoms with van der Waals surface area (Å²) in [7, 11) is 0. The molecule has 0 spiro atoms. The Morgan fingerprint density at radius 1 is 1.19 bits per heavy atom.